The van der Waals surface area contributed by atoms with Crippen molar-refractivity contribution >= 4 is 0 Å². The number of aromatic nitrogens is 4. The van der Waals surface area contributed by atoms with Gasteiger partial charge in [-0.15, -0.1) is 0 Å². The fourth-order valence-electron chi connectivity index (χ4n) is 4.83. The zero-order chi connectivity index (χ0) is 25.9. The number of hydrogen-bond acceptors (Lipinski definition) is 3. The van der Waals surface area contributed by atoms with E-state index < -0.39 is 5.92 Å². The third-order valence-corrected chi connectivity index (χ3v) is 6.53. The lowest BCUT2D eigenvalue weighted by Gasteiger charge is -2.19. The Balaban J connectivity index is 1.78. The van der Waals surface area contributed by atoms with Crippen LogP contribution in [0.1, 0.15) is 47.3 Å². The molecule has 0 saturated heterocycles. The number of hydrogen-bond donors (Lipinski definition) is 2. The van der Waals surface area contributed by atoms with Crippen LogP contribution < -0.4 is 15.9 Å². The first-order valence-electron chi connectivity index (χ1n) is 12.5. The van der Waals surface area contributed by atoms with Crippen LogP contribution >= 0.6 is 0 Å². The monoisotopic (exact) mass is 494 g/mol. The SMILES string of the molecule is CCCOc1ccccc1C(c1c(C)[nH]n(-c2ccccc2)c1=O)c1c(C)[nH]n(-c2ccccc2)c1=O. The van der Waals surface area contributed by atoms with E-state index in [9.17, 15) is 9.59 Å². The van der Waals surface area contributed by atoms with Gasteiger partial charge in [0.05, 0.1) is 35.0 Å². The summed E-state index contributed by atoms with van der Waals surface area (Å²) in [6.07, 6.45) is 0.840. The summed E-state index contributed by atoms with van der Waals surface area (Å²) >= 11 is 0. The van der Waals surface area contributed by atoms with Gasteiger partial charge in [-0.1, -0.05) is 61.5 Å². The third-order valence-electron chi connectivity index (χ3n) is 6.53. The van der Waals surface area contributed by atoms with Gasteiger partial charge in [-0.05, 0) is 50.6 Å². The van der Waals surface area contributed by atoms with E-state index in [0.29, 0.717) is 34.9 Å². The average molecular weight is 495 g/mol. The van der Waals surface area contributed by atoms with Crippen LogP contribution in [0.5, 0.6) is 5.75 Å². The van der Waals surface area contributed by atoms with Crippen molar-refractivity contribution in [2.75, 3.05) is 6.61 Å². The van der Waals surface area contributed by atoms with Crippen molar-refractivity contribution in [1.82, 2.24) is 19.6 Å². The summed E-state index contributed by atoms with van der Waals surface area (Å²) in [5.74, 6) is 0.0161. The predicted octanol–water partition coefficient (Wildman–Crippen LogP) is 5.23. The minimum atomic E-state index is -0.643. The van der Waals surface area contributed by atoms with Crippen LogP contribution in [0.15, 0.2) is 94.5 Å². The van der Waals surface area contributed by atoms with Gasteiger partial charge in [0.25, 0.3) is 11.1 Å². The van der Waals surface area contributed by atoms with Crippen LogP contribution in [0.25, 0.3) is 11.4 Å². The smallest absolute Gasteiger partial charge is 0.275 e. The molecule has 0 spiro atoms. The molecule has 7 heteroatoms. The fourth-order valence-corrected chi connectivity index (χ4v) is 4.83. The van der Waals surface area contributed by atoms with Gasteiger partial charge in [-0.25, -0.2) is 9.36 Å². The van der Waals surface area contributed by atoms with Crippen molar-refractivity contribution in [3.63, 3.8) is 0 Å². The molecule has 0 saturated carbocycles. The van der Waals surface area contributed by atoms with E-state index in [1.807, 2.05) is 106 Å². The second kappa shape index (κ2) is 10.2. The fraction of sp³-hybridized carbons (Fsp3) is 0.200. The van der Waals surface area contributed by atoms with Crippen LogP contribution in [-0.2, 0) is 0 Å². The molecule has 0 aliphatic heterocycles. The van der Waals surface area contributed by atoms with Crippen molar-refractivity contribution in [2.24, 2.45) is 0 Å². The van der Waals surface area contributed by atoms with Crippen molar-refractivity contribution in [2.45, 2.75) is 33.1 Å². The number of rotatable bonds is 8. The van der Waals surface area contributed by atoms with Crippen LogP contribution in [0.3, 0.4) is 0 Å². The number of ether oxygens (including phenoxy) is 1. The van der Waals surface area contributed by atoms with Gasteiger partial charge < -0.3 is 4.74 Å². The van der Waals surface area contributed by atoms with Gasteiger partial charge in [0.2, 0.25) is 0 Å². The Hall–Kier alpha value is -4.52. The van der Waals surface area contributed by atoms with E-state index in [1.165, 1.54) is 9.36 Å². The molecule has 3 aromatic carbocycles. The number of benzene rings is 3. The molecule has 37 heavy (non-hydrogen) atoms. The summed E-state index contributed by atoms with van der Waals surface area (Å²) in [5.41, 5.74) is 4.22. The summed E-state index contributed by atoms with van der Waals surface area (Å²) < 4.78 is 9.18. The second-order valence-corrected chi connectivity index (χ2v) is 9.07. The molecule has 2 aromatic heterocycles. The first-order chi connectivity index (χ1) is 18.0. The predicted molar refractivity (Wildman–Crippen MR) is 145 cm³/mol. The lowest BCUT2D eigenvalue weighted by Crippen LogP contribution is -2.25. The quantitative estimate of drug-likeness (QED) is 0.310. The summed E-state index contributed by atoms with van der Waals surface area (Å²) in [5, 5.41) is 6.47. The summed E-state index contributed by atoms with van der Waals surface area (Å²) in [4.78, 5) is 27.9. The third kappa shape index (κ3) is 4.44. The van der Waals surface area contributed by atoms with Gasteiger partial charge >= 0.3 is 0 Å². The molecular weight excluding hydrogens is 464 g/mol. The summed E-state index contributed by atoms with van der Waals surface area (Å²) in [6, 6.07) is 26.5. The average Bonchev–Trinajstić information content (AvgIpc) is 3.39. The van der Waals surface area contributed by atoms with Gasteiger partial charge in [0, 0.05) is 17.0 Å². The van der Waals surface area contributed by atoms with Crippen molar-refractivity contribution < 1.29 is 4.74 Å². The van der Waals surface area contributed by atoms with Crippen LogP contribution in [0.4, 0.5) is 0 Å². The highest BCUT2D eigenvalue weighted by Crippen LogP contribution is 2.37. The van der Waals surface area contributed by atoms with Crippen LogP contribution in [-0.4, -0.2) is 26.2 Å². The molecule has 2 N–H and O–H groups in total. The van der Waals surface area contributed by atoms with E-state index in [4.69, 9.17) is 4.74 Å². The highest BCUT2D eigenvalue weighted by Gasteiger charge is 2.32. The number of nitrogens with zero attached hydrogens (tertiary/aromatic N) is 2. The number of para-hydroxylation sites is 3. The molecule has 0 aliphatic carbocycles. The Morgan fingerprint density at radius 3 is 1.65 bits per heavy atom. The molecule has 0 fully saturated rings. The molecule has 5 aromatic rings. The Bertz CT molecular complexity index is 1530. The topological polar surface area (TPSA) is 84.8 Å². The highest BCUT2D eigenvalue weighted by molar-refractivity contribution is 5.52. The molecular formula is C30H30N4O3. The van der Waals surface area contributed by atoms with Crippen molar-refractivity contribution in [3.05, 3.63) is 134 Å². The molecule has 0 aliphatic rings. The lowest BCUT2D eigenvalue weighted by atomic mass is 9.84. The van der Waals surface area contributed by atoms with Crippen molar-refractivity contribution in [1.29, 1.82) is 0 Å². The molecule has 0 amide bonds. The maximum atomic E-state index is 14.0. The molecule has 188 valence electrons. The summed E-state index contributed by atoms with van der Waals surface area (Å²) in [7, 11) is 0. The van der Waals surface area contributed by atoms with Gasteiger partial charge in [-0.2, -0.15) is 0 Å². The van der Waals surface area contributed by atoms with Crippen LogP contribution in [0.2, 0.25) is 0 Å². The van der Waals surface area contributed by atoms with Gasteiger partial charge in [-0.3, -0.25) is 19.8 Å². The Kier molecular flexibility index (Phi) is 6.68. The zero-order valence-corrected chi connectivity index (χ0v) is 21.2. The van der Waals surface area contributed by atoms with E-state index >= 15 is 0 Å². The largest absolute Gasteiger partial charge is 0.493 e. The first kappa shape index (κ1) is 24.2. The number of aryl methyl sites for hydroxylation is 2. The highest BCUT2D eigenvalue weighted by atomic mass is 16.5. The standard InChI is InChI=1S/C30H30N4O3/c1-4-19-37-25-18-12-11-17-24(25)28(26-20(2)31-33(29(26)35)22-13-7-5-8-14-22)27-21(3)32-34(30(27)36)23-15-9-6-10-16-23/h5-18,28,31-32H,4,19H2,1-3H3. The molecule has 0 atom stereocenters. The molecule has 0 bridgehead atoms. The Morgan fingerprint density at radius 1 is 0.703 bits per heavy atom. The maximum absolute atomic E-state index is 14.0. The molecule has 0 radical (unpaired) electrons. The van der Waals surface area contributed by atoms with Crippen LogP contribution in [0, 0.1) is 13.8 Å². The number of aromatic amines is 2. The minimum Gasteiger partial charge on any atom is -0.493 e. The normalized spacial score (nSPS) is 11.2. The maximum Gasteiger partial charge on any atom is 0.275 e. The summed E-state index contributed by atoms with van der Waals surface area (Å²) in [6.45, 7) is 6.32. The Labute approximate surface area is 215 Å². The molecule has 5 rings (SSSR count). The molecule has 7 nitrogen and oxygen atoms in total. The Morgan fingerprint density at radius 2 is 1.16 bits per heavy atom. The van der Waals surface area contributed by atoms with E-state index in [-0.39, 0.29) is 11.1 Å². The van der Waals surface area contributed by atoms with Crippen molar-refractivity contribution in [3.8, 4) is 17.1 Å². The van der Waals surface area contributed by atoms with E-state index in [0.717, 1.165) is 23.4 Å². The number of nitrogens with one attached hydrogen (secondary N) is 2. The second-order valence-electron chi connectivity index (χ2n) is 9.07. The first-order valence-corrected chi connectivity index (χ1v) is 12.5. The van der Waals surface area contributed by atoms with E-state index in [2.05, 4.69) is 10.2 Å². The molecule has 0 unspecified atom stereocenters. The van der Waals surface area contributed by atoms with Gasteiger partial charge in [0.1, 0.15) is 5.75 Å². The van der Waals surface area contributed by atoms with E-state index in [1.54, 1.807) is 0 Å². The molecule has 2 heterocycles. The number of H-pyrrole nitrogens is 2. The zero-order valence-electron chi connectivity index (χ0n) is 21.2. The van der Waals surface area contributed by atoms with Gasteiger partial charge in [0.15, 0.2) is 0 Å². The minimum absolute atomic E-state index is 0.203. The lowest BCUT2D eigenvalue weighted by molar-refractivity contribution is 0.313.